The number of ether oxygens (including phenoxy) is 3. The molecule has 4 heterocycles. The number of anilines is 2. The Bertz CT molecular complexity index is 2160. The Morgan fingerprint density at radius 3 is 2.25 bits per heavy atom. The Kier molecular flexibility index (Phi) is 11.7. The third-order valence-corrected chi connectivity index (χ3v) is 11.1. The van der Waals surface area contributed by atoms with Crippen LogP contribution in [-0.2, 0) is 35.7 Å². The van der Waals surface area contributed by atoms with E-state index in [-0.39, 0.29) is 24.5 Å². The molecule has 8 rings (SSSR count). The fraction of sp³-hybridized carbons (Fsp3) is 0.378. The first kappa shape index (κ1) is 38.0. The summed E-state index contributed by atoms with van der Waals surface area (Å²) >= 11 is 0. The smallest absolute Gasteiger partial charge is 0.410 e. The van der Waals surface area contributed by atoms with Crippen molar-refractivity contribution >= 4 is 34.3 Å². The molecule has 0 unspecified atom stereocenters. The van der Waals surface area contributed by atoms with E-state index in [1.54, 1.807) is 23.9 Å². The minimum absolute atomic E-state index is 0.106. The highest BCUT2D eigenvalue weighted by Gasteiger charge is 2.31. The quantitative estimate of drug-likeness (QED) is 0.150. The average Bonchev–Trinajstić information content (AvgIpc) is 3.71. The molecule has 1 aromatic heterocycles. The monoisotopic (exact) mass is 769 g/mol. The standard InChI is InChI=1S/C45H51N7O5/c1-48(2)42(53)29-49-19-17-35(27-49)32-56-44-46-40-28-52(41-26-37(25-36-15-9-10-16-38(36)41)55-30-33-11-5-3-6-12-33)20-18-39(40)43(47-44)50-21-23-51(24-22-50)45(54)57-31-34-13-7-4-8-14-34/h3-16,25-26,35H,17-24,27-32H2,1-2H3/t35-/m0/s1. The van der Waals surface area contributed by atoms with Crippen LogP contribution < -0.4 is 19.3 Å². The van der Waals surface area contributed by atoms with Gasteiger partial charge in [-0.15, -0.1) is 0 Å². The van der Waals surface area contributed by atoms with Crippen molar-refractivity contribution in [1.29, 1.82) is 0 Å². The van der Waals surface area contributed by atoms with E-state index in [1.807, 2.05) is 48.5 Å². The predicted molar refractivity (Wildman–Crippen MR) is 221 cm³/mol. The molecule has 12 heteroatoms. The second kappa shape index (κ2) is 17.5. The van der Waals surface area contributed by atoms with Crippen molar-refractivity contribution in [3.8, 4) is 11.8 Å². The fourth-order valence-electron chi connectivity index (χ4n) is 7.90. The fourth-order valence-corrected chi connectivity index (χ4v) is 7.90. The van der Waals surface area contributed by atoms with Gasteiger partial charge in [0.05, 0.1) is 25.4 Å². The van der Waals surface area contributed by atoms with Crippen LogP contribution in [0.1, 0.15) is 28.8 Å². The zero-order valence-electron chi connectivity index (χ0n) is 32.9. The van der Waals surface area contributed by atoms with Crippen molar-refractivity contribution in [3.05, 3.63) is 119 Å². The number of aromatic nitrogens is 2. The van der Waals surface area contributed by atoms with Crippen molar-refractivity contribution in [2.75, 3.05) is 82.9 Å². The van der Waals surface area contributed by atoms with Gasteiger partial charge in [-0.2, -0.15) is 9.97 Å². The largest absolute Gasteiger partial charge is 0.489 e. The van der Waals surface area contributed by atoms with Crippen molar-refractivity contribution < 1.29 is 23.8 Å². The summed E-state index contributed by atoms with van der Waals surface area (Å²) in [7, 11) is 3.59. The van der Waals surface area contributed by atoms with Crippen molar-refractivity contribution in [1.82, 2.24) is 24.7 Å². The van der Waals surface area contributed by atoms with Gasteiger partial charge in [-0.1, -0.05) is 84.9 Å². The molecular formula is C45H51N7O5. The first-order valence-corrected chi connectivity index (χ1v) is 20.0. The van der Waals surface area contributed by atoms with Crippen LogP contribution in [0.4, 0.5) is 16.3 Å². The zero-order valence-corrected chi connectivity index (χ0v) is 32.9. The molecule has 0 saturated carbocycles. The second-order valence-corrected chi connectivity index (χ2v) is 15.4. The van der Waals surface area contributed by atoms with E-state index in [4.69, 9.17) is 24.2 Å². The molecule has 0 bridgehead atoms. The van der Waals surface area contributed by atoms with Gasteiger partial charge in [0.25, 0.3) is 0 Å². The lowest BCUT2D eigenvalue weighted by Gasteiger charge is -2.38. The number of hydrogen-bond donors (Lipinski definition) is 0. The molecule has 3 aliphatic heterocycles. The van der Waals surface area contributed by atoms with Crippen LogP contribution in [0.25, 0.3) is 10.8 Å². The highest BCUT2D eigenvalue weighted by molar-refractivity contribution is 5.96. The van der Waals surface area contributed by atoms with Crippen LogP contribution in [0.2, 0.25) is 0 Å². The lowest BCUT2D eigenvalue weighted by molar-refractivity contribution is -0.129. The predicted octanol–water partition coefficient (Wildman–Crippen LogP) is 6.02. The Morgan fingerprint density at radius 2 is 1.49 bits per heavy atom. The third kappa shape index (κ3) is 9.23. The van der Waals surface area contributed by atoms with E-state index < -0.39 is 0 Å². The molecule has 5 aromatic rings. The minimum atomic E-state index is -0.303. The van der Waals surface area contributed by atoms with Crippen LogP contribution in [0.3, 0.4) is 0 Å². The number of carbonyl (C=O) groups excluding carboxylic acids is 2. The summed E-state index contributed by atoms with van der Waals surface area (Å²) in [5.74, 6) is 2.08. The van der Waals surface area contributed by atoms with Crippen molar-refractivity contribution in [2.45, 2.75) is 32.6 Å². The topological polar surface area (TPSA) is 104 Å². The molecule has 296 valence electrons. The summed E-state index contributed by atoms with van der Waals surface area (Å²) in [5, 5.41) is 2.28. The Morgan fingerprint density at radius 1 is 0.772 bits per heavy atom. The average molecular weight is 770 g/mol. The number of nitrogens with zero attached hydrogens (tertiary/aromatic N) is 7. The highest BCUT2D eigenvalue weighted by Crippen LogP contribution is 2.37. The number of likely N-dealkylation sites (N-methyl/N-ethyl adjacent to an activating group) is 1. The molecule has 1 atom stereocenters. The van der Waals surface area contributed by atoms with E-state index >= 15 is 0 Å². The van der Waals surface area contributed by atoms with Crippen LogP contribution >= 0.6 is 0 Å². The molecular weight excluding hydrogens is 719 g/mol. The molecule has 2 amide bonds. The summed E-state index contributed by atoms with van der Waals surface area (Å²) in [6.07, 6.45) is 1.40. The molecule has 2 fully saturated rings. The Hall–Kier alpha value is -5.88. The van der Waals surface area contributed by atoms with Crippen LogP contribution in [0, 0.1) is 5.92 Å². The number of benzene rings is 4. The maximum absolute atomic E-state index is 13.0. The highest BCUT2D eigenvalue weighted by atomic mass is 16.6. The first-order chi connectivity index (χ1) is 27.9. The second-order valence-electron chi connectivity index (χ2n) is 15.4. The molecule has 0 spiro atoms. The lowest BCUT2D eigenvalue weighted by Crippen LogP contribution is -2.49. The summed E-state index contributed by atoms with van der Waals surface area (Å²) in [5.41, 5.74) is 5.24. The Labute approximate surface area is 334 Å². The van der Waals surface area contributed by atoms with Gasteiger partial charge in [-0.3, -0.25) is 9.69 Å². The van der Waals surface area contributed by atoms with Gasteiger partial charge in [0, 0.05) is 82.0 Å². The summed E-state index contributed by atoms with van der Waals surface area (Å²) in [4.78, 5) is 45.8. The number of carbonyl (C=O) groups is 2. The molecule has 2 saturated heterocycles. The van der Waals surface area contributed by atoms with Crippen molar-refractivity contribution in [3.63, 3.8) is 0 Å². The lowest BCUT2D eigenvalue weighted by atomic mass is 10.0. The number of amides is 2. The molecule has 0 N–H and O–H groups in total. The van der Waals surface area contributed by atoms with E-state index in [0.29, 0.717) is 58.5 Å². The number of hydrogen-bond acceptors (Lipinski definition) is 10. The van der Waals surface area contributed by atoms with Gasteiger partial charge in [-0.25, -0.2) is 4.79 Å². The van der Waals surface area contributed by atoms with Crippen LogP contribution in [0.5, 0.6) is 11.8 Å². The molecule has 12 nitrogen and oxygen atoms in total. The van der Waals surface area contributed by atoms with Crippen molar-refractivity contribution in [2.24, 2.45) is 5.92 Å². The maximum Gasteiger partial charge on any atom is 0.410 e. The van der Waals surface area contributed by atoms with Crippen LogP contribution in [-0.4, -0.2) is 110 Å². The third-order valence-electron chi connectivity index (χ3n) is 11.1. The van der Waals surface area contributed by atoms with E-state index in [0.717, 1.165) is 82.9 Å². The maximum atomic E-state index is 13.0. The summed E-state index contributed by atoms with van der Waals surface area (Å²) in [6, 6.07) is 33.1. The number of likely N-dealkylation sites (tertiary alicyclic amines) is 1. The normalized spacial score (nSPS) is 17.0. The summed E-state index contributed by atoms with van der Waals surface area (Å²) < 4.78 is 18.4. The molecule has 4 aromatic carbocycles. The van der Waals surface area contributed by atoms with Gasteiger partial charge >= 0.3 is 12.1 Å². The molecule has 0 aliphatic carbocycles. The van der Waals surface area contributed by atoms with Gasteiger partial charge in [0.2, 0.25) is 5.91 Å². The number of piperazine rings is 1. The number of rotatable bonds is 12. The zero-order chi connectivity index (χ0) is 39.1. The van der Waals surface area contributed by atoms with Crippen LogP contribution in [0.15, 0.2) is 97.1 Å². The van der Waals surface area contributed by atoms with E-state index in [1.165, 1.54) is 0 Å². The van der Waals surface area contributed by atoms with Gasteiger partial charge < -0.3 is 33.8 Å². The first-order valence-electron chi connectivity index (χ1n) is 20.0. The van der Waals surface area contributed by atoms with Gasteiger partial charge in [0.15, 0.2) is 0 Å². The Balaban J connectivity index is 1.01. The SMILES string of the molecule is CN(C)C(=O)CN1CC[C@H](COc2nc3c(c(N4CCN(C(=O)OCc5ccccc5)CC4)n2)CCN(c2cc(OCc4ccccc4)cc4ccccc24)C3)C1. The van der Waals surface area contributed by atoms with Gasteiger partial charge in [-0.05, 0) is 42.0 Å². The van der Waals surface area contributed by atoms with E-state index in [2.05, 4.69) is 63.2 Å². The summed E-state index contributed by atoms with van der Waals surface area (Å²) in [6.45, 7) is 6.95. The minimum Gasteiger partial charge on any atom is -0.489 e. The number of fused-ring (bicyclic) bond motifs is 2. The molecule has 3 aliphatic rings. The van der Waals surface area contributed by atoms with Gasteiger partial charge in [0.1, 0.15) is 24.8 Å². The molecule has 57 heavy (non-hydrogen) atoms. The van der Waals surface area contributed by atoms with E-state index in [9.17, 15) is 9.59 Å². The molecule has 0 radical (unpaired) electrons.